The maximum absolute atomic E-state index is 15.0. The molecule has 0 fully saturated rings. The number of halogens is 2. The molecule has 0 bridgehead atoms. The zero-order valence-electron chi connectivity index (χ0n) is 23.7. The number of benzene rings is 1. The van der Waals surface area contributed by atoms with E-state index in [9.17, 15) is 4.39 Å². The molecule has 4 aromatic heterocycles. The molecule has 1 aliphatic heterocycles. The van der Waals surface area contributed by atoms with Crippen molar-refractivity contribution in [1.29, 1.82) is 0 Å². The molecule has 40 heavy (non-hydrogen) atoms. The van der Waals surface area contributed by atoms with Gasteiger partial charge in [-0.15, -0.1) is 0 Å². The number of hydrogen-bond acceptors (Lipinski definition) is 6. The Morgan fingerprint density at radius 1 is 1.02 bits per heavy atom. The summed E-state index contributed by atoms with van der Waals surface area (Å²) in [5, 5.41) is 3.09. The minimum Gasteiger partial charge on any atom is -0.359 e. The Hall–Kier alpha value is -4.18. The average Bonchev–Trinajstić information content (AvgIpc) is 3.52. The number of nitrogens with zero attached hydrogens (tertiary/aromatic N) is 6. The summed E-state index contributed by atoms with van der Waals surface area (Å²) in [6, 6.07) is 6.80. The van der Waals surface area contributed by atoms with Crippen LogP contribution in [0.5, 0.6) is 0 Å². The van der Waals surface area contributed by atoms with Crippen LogP contribution in [0.25, 0.3) is 38.9 Å². The molecule has 5 heterocycles. The van der Waals surface area contributed by atoms with Gasteiger partial charge in [0.05, 0.1) is 22.7 Å². The highest BCUT2D eigenvalue weighted by atomic mass is 19.1. The van der Waals surface area contributed by atoms with Crippen LogP contribution in [0.2, 0.25) is 0 Å². The van der Waals surface area contributed by atoms with Crippen LogP contribution < -0.4 is 5.32 Å². The molecule has 5 aromatic rings. The molecular formula is C30H34F2N8. The third-order valence-electron chi connectivity index (χ3n) is 6.98. The summed E-state index contributed by atoms with van der Waals surface area (Å²) in [7, 11) is 2.10. The molecule has 1 aromatic carbocycles. The van der Waals surface area contributed by atoms with Crippen LogP contribution in [0.3, 0.4) is 0 Å². The Morgan fingerprint density at radius 2 is 1.82 bits per heavy atom. The number of anilines is 2. The minimum absolute atomic E-state index is 0.00245. The van der Waals surface area contributed by atoms with Crippen molar-refractivity contribution in [3.05, 3.63) is 65.8 Å². The second kappa shape index (κ2) is 11.1. The monoisotopic (exact) mass is 544 g/mol. The number of aromatic amines is 1. The van der Waals surface area contributed by atoms with E-state index in [1.807, 2.05) is 57.5 Å². The predicted octanol–water partition coefficient (Wildman–Crippen LogP) is 7.03. The SMILES string of the molecule is CC.Cc1nc2c(F)cc(-c3nc(Nc4ccc5[nH]cc(C6=CCN(C)CC6)c5n4)ncc3F)cc2n1C(C)C. The molecule has 0 saturated heterocycles. The van der Waals surface area contributed by atoms with Crippen molar-refractivity contribution in [3.8, 4) is 11.3 Å². The first-order valence-corrected chi connectivity index (χ1v) is 13.6. The number of aryl methyl sites for hydroxylation is 1. The molecule has 0 unspecified atom stereocenters. The van der Waals surface area contributed by atoms with Crippen LogP contribution in [-0.4, -0.2) is 54.5 Å². The van der Waals surface area contributed by atoms with Gasteiger partial charge in [-0.3, -0.25) is 0 Å². The number of fused-ring (bicyclic) bond motifs is 2. The van der Waals surface area contributed by atoms with Gasteiger partial charge in [-0.1, -0.05) is 19.9 Å². The molecule has 0 aliphatic carbocycles. The Kier molecular flexibility index (Phi) is 7.62. The van der Waals surface area contributed by atoms with Gasteiger partial charge in [0.1, 0.15) is 22.9 Å². The van der Waals surface area contributed by atoms with E-state index < -0.39 is 11.6 Å². The first-order chi connectivity index (χ1) is 19.3. The van der Waals surface area contributed by atoms with Gasteiger partial charge in [0, 0.05) is 36.5 Å². The maximum atomic E-state index is 15.0. The Bertz CT molecular complexity index is 1720. The fraction of sp³-hybridized carbons (Fsp3) is 0.333. The number of hydrogen-bond donors (Lipinski definition) is 2. The van der Waals surface area contributed by atoms with Crippen LogP contribution in [0.4, 0.5) is 20.5 Å². The zero-order chi connectivity index (χ0) is 28.6. The van der Waals surface area contributed by atoms with Crippen molar-refractivity contribution in [2.75, 3.05) is 25.5 Å². The number of likely N-dealkylation sites (N-methyl/N-ethyl adjacent to an activating group) is 1. The molecule has 208 valence electrons. The molecular weight excluding hydrogens is 510 g/mol. The predicted molar refractivity (Wildman–Crippen MR) is 157 cm³/mol. The van der Waals surface area contributed by atoms with Crippen molar-refractivity contribution >= 4 is 39.4 Å². The van der Waals surface area contributed by atoms with Crippen LogP contribution >= 0.6 is 0 Å². The number of H-pyrrole nitrogens is 1. The van der Waals surface area contributed by atoms with E-state index in [2.05, 4.69) is 43.3 Å². The summed E-state index contributed by atoms with van der Waals surface area (Å²) in [5.41, 5.74) is 5.25. The van der Waals surface area contributed by atoms with Crippen molar-refractivity contribution in [3.63, 3.8) is 0 Å². The summed E-state index contributed by atoms with van der Waals surface area (Å²) < 4.78 is 31.9. The number of rotatable bonds is 5. The minimum atomic E-state index is -0.646. The lowest BCUT2D eigenvalue weighted by atomic mass is 10.0. The van der Waals surface area contributed by atoms with Crippen LogP contribution in [0.15, 0.2) is 42.7 Å². The first kappa shape index (κ1) is 27.4. The van der Waals surface area contributed by atoms with Crippen LogP contribution in [-0.2, 0) is 0 Å². The third kappa shape index (κ3) is 5.06. The van der Waals surface area contributed by atoms with Gasteiger partial charge in [0.15, 0.2) is 11.6 Å². The first-order valence-electron chi connectivity index (χ1n) is 13.6. The molecule has 0 spiro atoms. The Labute approximate surface area is 232 Å². The molecule has 1 aliphatic rings. The van der Waals surface area contributed by atoms with Crippen LogP contribution in [0, 0.1) is 18.6 Å². The Balaban J connectivity index is 0.00000158. The highest BCUT2D eigenvalue weighted by Gasteiger charge is 2.19. The van der Waals surface area contributed by atoms with Crippen molar-refractivity contribution in [1.82, 2.24) is 34.4 Å². The Morgan fingerprint density at radius 3 is 2.55 bits per heavy atom. The molecule has 0 radical (unpaired) electrons. The lowest BCUT2D eigenvalue weighted by molar-refractivity contribution is 0.370. The molecule has 0 atom stereocenters. The molecule has 6 rings (SSSR count). The molecule has 10 heteroatoms. The number of imidazole rings is 1. The molecule has 0 amide bonds. The molecule has 0 saturated carbocycles. The van der Waals surface area contributed by atoms with E-state index >= 15 is 4.39 Å². The zero-order valence-corrected chi connectivity index (χ0v) is 23.7. The standard InChI is InChI=1S/C28H28F2N8.C2H6/c1-15(2)38-16(3)33-27-20(29)11-18(12-23(27)38)25-21(30)14-32-28(36-25)35-24-6-5-22-26(34-24)19(13-31-22)17-7-9-37(4)10-8-17;1-2/h5-7,11-15,31H,8-10H2,1-4H3,(H,32,34,35,36);1-2H3. The average molecular weight is 545 g/mol. The lowest BCUT2D eigenvalue weighted by Crippen LogP contribution is -2.23. The quantitative estimate of drug-likeness (QED) is 0.247. The second-order valence-corrected chi connectivity index (χ2v) is 10.0. The largest absolute Gasteiger partial charge is 0.359 e. The van der Waals surface area contributed by atoms with Gasteiger partial charge >= 0.3 is 0 Å². The van der Waals surface area contributed by atoms with Crippen molar-refractivity contribution in [2.45, 2.75) is 47.1 Å². The van der Waals surface area contributed by atoms with Gasteiger partial charge in [0.2, 0.25) is 5.95 Å². The topological polar surface area (TPSA) is 87.6 Å². The van der Waals surface area contributed by atoms with E-state index in [1.165, 1.54) is 11.6 Å². The van der Waals surface area contributed by atoms with Crippen LogP contribution in [0.1, 0.15) is 51.5 Å². The number of aromatic nitrogens is 6. The third-order valence-corrected chi connectivity index (χ3v) is 6.98. The highest BCUT2D eigenvalue weighted by Crippen LogP contribution is 2.32. The lowest BCUT2D eigenvalue weighted by Gasteiger charge is -2.21. The van der Waals surface area contributed by atoms with Gasteiger partial charge < -0.3 is 19.8 Å². The van der Waals surface area contributed by atoms with E-state index in [0.717, 1.165) is 42.3 Å². The number of pyridine rings is 1. The fourth-order valence-corrected chi connectivity index (χ4v) is 5.13. The summed E-state index contributed by atoms with van der Waals surface area (Å²) in [4.78, 5) is 23.2. The second-order valence-electron chi connectivity index (χ2n) is 10.0. The van der Waals surface area contributed by atoms with E-state index in [0.29, 0.717) is 22.7 Å². The summed E-state index contributed by atoms with van der Waals surface area (Å²) >= 11 is 0. The summed E-state index contributed by atoms with van der Waals surface area (Å²) in [5.74, 6) is 0.214. The van der Waals surface area contributed by atoms with Gasteiger partial charge in [0.25, 0.3) is 0 Å². The van der Waals surface area contributed by atoms with Crippen molar-refractivity contribution in [2.24, 2.45) is 0 Å². The van der Waals surface area contributed by atoms with Gasteiger partial charge in [-0.25, -0.2) is 28.7 Å². The van der Waals surface area contributed by atoms with Gasteiger partial charge in [-0.05, 0) is 64.1 Å². The number of nitrogens with one attached hydrogen (secondary N) is 2. The summed E-state index contributed by atoms with van der Waals surface area (Å²) in [6.07, 6.45) is 6.25. The fourth-order valence-electron chi connectivity index (χ4n) is 5.13. The maximum Gasteiger partial charge on any atom is 0.229 e. The summed E-state index contributed by atoms with van der Waals surface area (Å²) in [6.45, 7) is 11.7. The van der Waals surface area contributed by atoms with E-state index in [-0.39, 0.29) is 23.2 Å². The van der Waals surface area contributed by atoms with Crippen molar-refractivity contribution < 1.29 is 8.78 Å². The van der Waals surface area contributed by atoms with Gasteiger partial charge in [-0.2, -0.15) is 0 Å². The molecule has 8 nitrogen and oxygen atoms in total. The highest BCUT2D eigenvalue weighted by molar-refractivity contribution is 5.91. The molecule has 2 N–H and O–H groups in total. The normalized spacial score (nSPS) is 14.0. The van der Waals surface area contributed by atoms with E-state index in [1.54, 1.807) is 6.07 Å². The smallest absolute Gasteiger partial charge is 0.229 e. The van der Waals surface area contributed by atoms with E-state index in [4.69, 9.17) is 4.98 Å².